The highest BCUT2D eigenvalue weighted by molar-refractivity contribution is 6.04. The standard InChI is InChI=1S/C15H18N2O5/c1-5-21-14(18)10-8-12-11(7-9(3)17(12)20-4)16-13(10)15(19)22-6-2/h7-8H,5-6H2,1-4H3. The van der Waals surface area contributed by atoms with Gasteiger partial charge in [-0.2, -0.15) is 4.73 Å². The number of rotatable bonds is 5. The second kappa shape index (κ2) is 6.46. The molecule has 118 valence electrons. The summed E-state index contributed by atoms with van der Waals surface area (Å²) in [5.41, 5.74) is 1.91. The Labute approximate surface area is 127 Å². The molecule has 0 aromatic carbocycles. The number of esters is 2. The Morgan fingerprint density at radius 2 is 1.77 bits per heavy atom. The molecule has 0 aliphatic heterocycles. The molecule has 0 spiro atoms. The number of nitrogens with zero attached hydrogens (tertiary/aromatic N) is 2. The molecule has 7 heteroatoms. The van der Waals surface area contributed by atoms with Crippen LogP contribution in [0.15, 0.2) is 12.1 Å². The summed E-state index contributed by atoms with van der Waals surface area (Å²) < 4.78 is 11.5. The number of fused-ring (bicyclic) bond motifs is 1. The second-order valence-electron chi connectivity index (χ2n) is 4.49. The van der Waals surface area contributed by atoms with Gasteiger partial charge in [0.15, 0.2) is 5.69 Å². The number of carbonyl (C=O) groups is 2. The summed E-state index contributed by atoms with van der Waals surface area (Å²) >= 11 is 0. The molecule has 22 heavy (non-hydrogen) atoms. The Hall–Kier alpha value is -2.57. The fraction of sp³-hybridized carbons (Fsp3) is 0.400. The first-order valence-electron chi connectivity index (χ1n) is 6.95. The predicted octanol–water partition coefficient (Wildman–Crippen LogP) is 1.76. The van der Waals surface area contributed by atoms with Gasteiger partial charge in [-0.15, -0.1) is 0 Å². The average molecular weight is 306 g/mol. The quantitative estimate of drug-likeness (QED) is 0.783. The first-order valence-corrected chi connectivity index (χ1v) is 6.95. The smallest absolute Gasteiger partial charge is 0.357 e. The van der Waals surface area contributed by atoms with E-state index in [2.05, 4.69) is 4.98 Å². The van der Waals surface area contributed by atoms with Crippen molar-refractivity contribution in [2.24, 2.45) is 0 Å². The van der Waals surface area contributed by atoms with E-state index in [-0.39, 0.29) is 24.5 Å². The van der Waals surface area contributed by atoms with Crippen LogP contribution in [-0.2, 0) is 9.47 Å². The van der Waals surface area contributed by atoms with Crippen molar-refractivity contribution in [3.63, 3.8) is 0 Å². The van der Waals surface area contributed by atoms with Gasteiger partial charge in [-0.1, -0.05) is 0 Å². The predicted molar refractivity (Wildman–Crippen MR) is 78.9 cm³/mol. The molecule has 0 atom stereocenters. The maximum Gasteiger partial charge on any atom is 0.357 e. The Balaban J connectivity index is 2.67. The lowest BCUT2D eigenvalue weighted by Crippen LogP contribution is -2.17. The van der Waals surface area contributed by atoms with Crippen LogP contribution in [0.25, 0.3) is 11.0 Å². The number of hydrogen-bond donors (Lipinski definition) is 0. The maximum absolute atomic E-state index is 12.1. The van der Waals surface area contributed by atoms with Gasteiger partial charge in [0.05, 0.1) is 30.0 Å². The van der Waals surface area contributed by atoms with E-state index in [0.717, 1.165) is 5.69 Å². The topological polar surface area (TPSA) is 79.7 Å². The number of aryl methyl sites for hydroxylation is 1. The number of ether oxygens (including phenoxy) is 2. The molecule has 0 bridgehead atoms. The maximum atomic E-state index is 12.1. The monoisotopic (exact) mass is 306 g/mol. The summed E-state index contributed by atoms with van der Waals surface area (Å²) in [5, 5.41) is 0. The van der Waals surface area contributed by atoms with E-state index in [1.54, 1.807) is 19.9 Å². The summed E-state index contributed by atoms with van der Waals surface area (Å²) in [5.74, 6) is -1.28. The van der Waals surface area contributed by atoms with Crippen LogP contribution in [0.5, 0.6) is 0 Å². The first kappa shape index (κ1) is 15.8. The normalized spacial score (nSPS) is 10.5. The van der Waals surface area contributed by atoms with Gasteiger partial charge in [0.1, 0.15) is 12.6 Å². The van der Waals surface area contributed by atoms with Crippen LogP contribution in [0.2, 0.25) is 0 Å². The Bertz CT molecular complexity index is 720. The third-order valence-electron chi connectivity index (χ3n) is 3.06. The molecule has 0 aliphatic rings. The lowest BCUT2D eigenvalue weighted by atomic mass is 10.1. The highest BCUT2D eigenvalue weighted by Crippen LogP contribution is 2.21. The minimum Gasteiger partial charge on any atom is -0.462 e. The Morgan fingerprint density at radius 1 is 1.14 bits per heavy atom. The van der Waals surface area contributed by atoms with E-state index >= 15 is 0 Å². The van der Waals surface area contributed by atoms with E-state index < -0.39 is 11.9 Å². The zero-order chi connectivity index (χ0) is 16.3. The summed E-state index contributed by atoms with van der Waals surface area (Å²) in [6.07, 6.45) is 0. The molecule has 2 heterocycles. The van der Waals surface area contributed by atoms with Gasteiger partial charge in [-0.3, -0.25) is 0 Å². The number of aromatic nitrogens is 2. The molecule has 7 nitrogen and oxygen atoms in total. The minimum absolute atomic E-state index is 0.0546. The highest BCUT2D eigenvalue weighted by atomic mass is 16.6. The van der Waals surface area contributed by atoms with Crippen LogP contribution >= 0.6 is 0 Å². The van der Waals surface area contributed by atoms with E-state index in [1.165, 1.54) is 17.9 Å². The van der Waals surface area contributed by atoms with Crippen LogP contribution in [0.1, 0.15) is 40.4 Å². The number of carbonyl (C=O) groups excluding carboxylic acids is 2. The van der Waals surface area contributed by atoms with Gasteiger partial charge in [0.25, 0.3) is 0 Å². The summed E-state index contributed by atoms with van der Waals surface area (Å²) in [7, 11) is 1.51. The minimum atomic E-state index is -0.657. The van der Waals surface area contributed by atoms with E-state index in [0.29, 0.717) is 11.0 Å². The summed E-state index contributed by atoms with van der Waals surface area (Å²) in [6, 6.07) is 3.29. The zero-order valence-corrected chi connectivity index (χ0v) is 13.0. The molecular formula is C15H18N2O5. The lowest BCUT2D eigenvalue weighted by Gasteiger charge is -2.09. The molecule has 0 fully saturated rings. The van der Waals surface area contributed by atoms with Crippen LogP contribution in [0.3, 0.4) is 0 Å². The molecule has 0 N–H and O–H groups in total. The lowest BCUT2D eigenvalue weighted by molar-refractivity contribution is 0.0474. The van der Waals surface area contributed by atoms with Crippen molar-refractivity contribution in [3.8, 4) is 0 Å². The molecule has 0 saturated heterocycles. The third kappa shape index (κ3) is 2.74. The van der Waals surface area contributed by atoms with Gasteiger partial charge >= 0.3 is 11.9 Å². The van der Waals surface area contributed by atoms with Gasteiger partial charge in [-0.05, 0) is 32.9 Å². The van der Waals surface area contributed by atoms with Crippen molar-refractivity contribution in [2.75, 3.05) is 20.3 Å². The SMILES string of the molecule is CCOC(=O)c1cc2c(cc(C)n2OC)nc1C(=O)OCC. The van der Waals surface area contributed by atoms with Crippen molar-refractivity contribution in [1.29, 1.82) is 0 Å². The molecular weight excluding hydrogens is 288 g/mol. The summed E-state index contributed by atoms with van der Waals surface area (Å²) in [6.45, 7) is 5.60. The Kier molecular flexibility index (Phi) is 4.65. The van der Waals surface area contributed by atoms with E-state index in [4.69, 9.17) is 14.3 Å². The van der Waals surface area contributed by atoms with E-state index in [9.17, 15) is 9.59 Å². The van der Waals surface area contributed by atoms with Crippen LogP contribution < -0.4 is 4.84 Å². The van der Waals surface area contributed by atoms with Crippen molar-refractivity contribution in [3.05, 3.63) is 29.1 Å². The largest absolute Gasteiger partial charge is 0.462 e. The fourth-order valence-corrected chi connectivity index (χ4v) is 2.19. The fourth-order valence-electron chi connectivity index (χ4n) is 2.19. The van der Waals surface area contributed by atoms with Crippen molar-refractivity contribution in [2.45, 2.75) is 20.8 Å². The molecule has 0 aliphatic carbocycles. The first-order chi connectivity index (χ1) is 10.5. The molecule has 0 amide bonds. The van der Waals surface area contributed by atoms with Crippen molar-refractivity contribution in [1.82, 2.24) is 9.71 Å². The number of pyridine rings is 1. The van der Waals surface area contributed by atoms with Crippen LogP contribution in [-0.4, -0.2) is 42.0 Å². The highest BCUT2D eigenvalue weighted by Gasteiger charge is 2.24. The molecule has 0 unspecified atom stereocenters. The van der Waals surface area contributed by atoms with Gasteiger partial charge in [0, 0.05) is 0 Å². The molecule has 2 aromatic heterocycles. The van der Waals surface area contributed by atoms with Gasteiger partial charge in [0.2, 0.25) is 0 Å². The van der Waals surface area contributed by atoms with E-state index in [1.807, 2.05) is 6.92 Å². The van der Waals surface area contributed by atoms with Crippen LogP contribution in [0, 0.1) is 6.92 Å². The molecule has 2 rings (SSSR count). The Morgan fingerprint density at radius 3 is 2.36 bits per heavy atom. The average Bonchev–Trinajstić information content (AvgIpc) is 2.80. The van der Waals surface area contributed by atoms with Gasteiger partial charge in [-0.25, -0.2) is 14.6 Å². The van der Waals surface area contributed by atoms with Crippen LogP contribution in [0.4, 0.5) is 0 Å². The molecule has 0 radical (unpaired) electrons. The zero-order valence-electron chi connectivity index (χ0n) is 13.0. The van der Waals surface area contributed by atoms with Crippen molar-refractivity contribution >= 4 is 23.0 Å². The van der Waals surface area contributed by atoms with Gasteiger partial charge < -0.3 is 14.3 Å². The van der Waals surface area contributed by atoms with Crippen molar-refractivity contribution < 1.29 is 23.9 Å². The second-order valence-corrected chi connectivity index (χ2v) is 4.49. The summed E-state index contributed by atoms with van der Waals surface area (Å²) in [4.78, 5) is 33.7. The molecule has 0 saturated carbocycles. The number of hydrogen-bond acceptors (Lipinski definition) is 6. The molecule has 2 aromatic rings. The third-order valence-corrected chi connectivity index (χ3v) is 3.06.